The Morgan fingerprint density at radius 3 is 1.98 bits per heavy atom. The number of hydrogen-bond donors (Lipinski definition) is 0. The third kappa shape index (κ3) is 4.32. The Morgan fingerprint density at radius 2 is 1.17 bits per heavy atom. The van der Waals surface area contributed by atoms with E-state index in [1.165, 1.54) is 80.4 Å². The molecule has 0 saturated heterocycles. The summed E-state index contributed by atoms with van der Waals surface area (Å²) in [5, 5.41) is 2.54. The molecule has 0 fully saturated rings. The van der Waals surface area contributed by atoms with Crippen molar-refractivity contribution in [1.82, 2.24) is 0 Å². The van der Waals surface area contributed by atoms with Crippen LogP contribution in [0.4, 0.5) is 0 Å². The first kappa shape index (κ1) is 27.5. The van der Waals surface area contributed by atoms with Crippen LogP contribution in [-0.2, 0) is 5.41 Å². The van der Waals surface area contributed by atoms with Crippen molar-refractivity contribution in [3.05, 3.63) is 179 Å². The Balaban J connectivity index is 1.22. The molecule has 0 amide bonds. The molecule has 1 unspecified atom stereocenters. The molecule has 2 aliphatic rings. The second-order valence-electron chi connectivity index (χ2n) is 12.2. The van der Waals surface area contributed by atoms with Crippen LogP contribution >= 0.6 is 23.5 Å². The normalized spacial score (nSPS) is 16.2. The number of fused-ring (bicyclic) bond motifs is 7. The highest BCUT2D eigenvalue weighted by Crippen LogP contribution is 2.60. The van der Waals surface area contributed by atoms with E-state index in [9.17, 15) is 0 Å². The molecule has 2 heteroatoms. The standard InChI is InChI=1S/C44H30S2/c1-44(32-14-6-3-7-15-32)37-26-27-41-43(46-40-19-11-10-18-39(40)45-41)42(37)36-25-23-31(28-38(36)44)34-24-22-30(33-16-8-9-17-35(33)34)21-20-29-12-4-2-5-13-29/h2-28H,1H3. The van der Waals surface area contributed by atoms with E-state index in [0.29, 0.717) is 0 Å². The van der Waals surface area contributed by atoms with Gasteiger partial charge in [0, 0.05) is 30.6 Å². The maximum atomic E-state index is 2.48. The number of benzene rings is 7. The highest BCUT2D eigenvalue weighted by atomic mass is 32.2. The van der Waals surface area contributed by atoms with E-state index < -0.39 is 0 Å². The first-order valence-electron chi connectivity index (χ1n) is 15.8. The Hall–Kier alpha value is -4.76. The van der Waals surface area contributed by atoms with Crippen LogP contribution in [0.2, 0.25) is 0 Å². The Kier molecular flexibility index (Phi) is 6.55. The minimum Gasteiger partial charge on any atom is -0.0877 e. The summed E-state index contributed by atoms with van der Waals surface area (Å²) in [6.07, 6.45) is 4.44. The van der Waals surface area contributed by atoms with E-state index in [-0.39, 0.29) is 5.41 Å². The summed E-state index contributed by atoms with van der Waals surface area (Å²) >= 11 is 3.83. The third-order valence-electron chi connectivity index (χ3n) is 9.64. The van der Waals surface area contributed by atoms with Crippen molar-refractivity contribution < 1.29 is 0 Å². The molecule has 7 aromatic carbocycles. The minimum absolute atomic E-state index is 0.271. The fourth-order valence-corrected chi connectivity index (χ4v) is 9.73. The van der Waals surface area contributed by atoms with Crippen molar-refractivity contribution in [2.75, 3.05) is 0 Å². The van der Waals surface area contributed by atoms with Gasteiger partial charge in [-0.05, 0) is 86.5 Å². The predicted molar refractivity (Wildman–Crippen MR) is 197 cm³/mol. The first-order chi connectivity index (χ1) is 22.7. The number of rotatable bonds is 4. The molecule has 0 N–H and O–H groups in total. The number of hydrogen-bond acceptors (Lipinski definition) is 2. The van der Waals surface area contributed by atoms with Crippen LogP contribution in [0.15, 0.2) is 171 Å². The molecule has 0 bridgehead atoms. The average molecular weight is 623 g/mol. The first-order valence-corrected chi connectivity index (χ1v) is 17.4. The molecule has 1 aliphatic carbocycles. The lowest BCUT2D eigenvalue weighted by Crippen LogP contribution is -2.22. The maximum Gasteiger partial charge on any atom is 0.0436 e. The lowest BCUT2D eigenvalue weighted by Gasteiger charge is -2.29. The topological polar surface area (TPSA) is 0 Å². The molecular weight excluding hydrogens is 593 g/mol. The molecule has 0 spiro atoms. The minimum atomic E-state index is -0.271. The summed E-state index contributed by atoms with van der Waals surface area (Å²) in [5.74, 6) is 0. The van der Waals surface area contributed by atoms with Crippen LogP contribution in [0.3, 0.4) is 0 Å². The van der Waals surface area contributed by atoms with E-state index in [4.69, 9.17) is 0 Å². The third-order valence-corrected chi connectivity index (χ3v) is 12.2. The zero-order valence-corrected chi connectivity index (χ0v) is 27.0. The largest absolute Gasteiger partial charge is 0.0877 e. The predicted octanol–water partition coefficient (Wildman–Crippen LogP) is 12.6. The van der Waals surface area contributed by atoms with Gasteiger partial charge in [-0.1, -0.05) is 163 Å². The summed E-state index contributed by atoms with van der Waals surface area (Å²) < 4.78 is 0. The fourth-order valence-electron chi connectivity index (χ4n) is 7.32. The SMILES string of the molecule is CC1(c2ccccc2)c2cc(-c3ccc(C=Cc4ccccc4)c4ccccc34)ccc2-c2c1ccc1c2Sc2ccccc2S1. The van der Waals surface area contributed by atoms with Gasteiger partial charge in [0.05, 0.1) is 0 Å². The van der Waals surface area contributed by atoms with Gasteiger partial charge < -0.3 is 0 Å². The van der Waals surface area contributed by atoms with Crippen molar-refractivity contribution in [2.45, 2.75) is 31.9 Å². The smallest absolute Gasteiger partial charge is 0.0436 e. The van der Waals surface area contributed by atoms with Crippen molar-refractivity contribution in [3.63, 3.8) is 0 Å². The van der Waals surface area contributed by atoms with Crippen LogP contribution < -0.4 is 0 Å². The van der Waals surface area contributed by atoms with E-state index >= 15 is 0 Å². The van der Waals surface area contributed by atoms with Gasteiger partial charge in [-0.3, -0.25) is 0 Å². The van der Waals surface area contributed by atoms with E-state index in [1.807, 2.05) is 23.5 Å². The lowest BCUT2D eigenvalue weighted by atomic mass is 9.74. The Labute approximate surface area is 278 Å². The average Bonchev–Trinajstić information content (AvgIpc) is 3.39. The van der Waals surface area contributed by atoms with Gasteiger partial charge >= 0.3 is 0 Å². The summed E-state index contributed by atoms with van der Waals surface area (Å²) in [6, 6.07) is 55.8. The van der Waals surface area contributed by atoms with Gasteiger partial charge in [0.1, 0.15) is 0 Å². The van der Waals surface area contributed by atoms with E-state index in [2.05, 4.69) is 171 Å². The van der Waals surface area contributed by atoms with Gasteiger partial charge in [0.25, 0.3) is 0 Å². The zero-order chi connectivity index (χ0) is 30.7. The quantitative estimate of drug-likeness (QED) is 0.179. The molecule has 9 rings (SSSR count). The molecule has 46 heavy (non-hydrogen) atoms. The van der Waals surface area contributed by atoms with Crippen molar-refractivity contribution in [3.8, 4) is 22.3 Å². The summed E-state index contributed by atoms with van der Waals surface area (Å²) in [6.45, 7) is 2.42. The van der Waals surface area contributed by atoms with Crippen molar-refractivity contribution in [2.24, 2.45) is 0 Å². The monoisotopic (exact) mass is 622 g/mol. The van der Waals surface area contributed by atoms with Crippen LogP contribution in [-0.4, -0.2) is 0 Å². The summed E-state index contributed by atoms with van der Waals surface area (Å²) in [5.41, 5.74) is 11.5. The van der Waals surface area contributed by atoms with Gasteiger partial charge in [-0.2, -0.15) is 0 Å². The van der Waals surface area contributed by atoms with Crippen molar-refractivity contribution in [1.29, 1.82) is 0 Å². The fraction of sp³-hybridized carbons (Fsp3) is 0.0455. The van der Waals surface area contributed by atoms with Crippen LogP contribution in [0.5, 0.6) is 0 Å². The molecular formula is C44H30S2. The molecule has 0 nitrogen and oxygen atoms in total. The highest BCUT2D eigenvalue weighted by Gasteiger charge is 2.43. The molecule has 0 radical (unpaired) electrons. The molecule has 7 aromatic rings. The van der Waals surface area contributed by atoms with E-state index in [0.717, 1.165) is 0 Å². The van der Waals surface area contributed by atoms with Gasteiger partial charge in [-0.25, -0.2) is 0 Å². The molecule has 1 aliphatic heterocycles. The zero-order valence-electron chi connectivity index (χ0n) is 25.4. The molecule has 1 heterocycles. The molecule has 1 atom stereocenters. The Morgan fingerprint density at radius 1 is 0.500 bits per heavy atom. The van der Waals surface area contributed by atoms with Gasteiger partial charge in [-0.15, -0.1) is 0 Å². The van der Waals surface area contributed by atoms with Crippen molar-refractivity contribution >= 4 is 46.4 Å². The van der Waals surface area contributed by atoms with Gasteiger partial charge in [0.2, 0.25) is 0 Å². The summed E-state index contributed by atoms with van der Waals surface area (Å²) in [4.78, 5) is 5.41. The van der Waals surface area contributed by atoms with E-state index in [1.54, 1.807) is 0 Å². The van der Waals surface area contributed by atoms with Crippen LogP contribution in [0.25, 0.3) is 45.2 Å². The maximum absolute atomic E-state index is 2.48. The lowest BCUT2D eigenvalue weighted by molar-refractivity contribution is 0.712. The molecule has 218 valence electrons. The van der Waals surface area contributed by atoms with Crippen LogP contribution in [0.1, 0.15) is 34.7 Å². The second-order valence-corrected chi connectivity index (χ2v) is 14.3. The Bertz CT molecular complexity index is 2320. The van der Waals surface area contributed by atoms with Crippen LogP contribution in [0, 0.1) is 0 Å². The summed E-state index contributed by atoms with van der Waals surface area (Å²) in [7, 11) is 0. The molecule has 0 saturated carbocycles. The van der Waals surface area contributed by atoms with Gasteiger partial charge in [0.15, 0.2) is 0 Å². The molecule has 0 aromatic heterocycles. The highest BCUT2D eigenvalue weighted by molar-refractivity contribution is 8.05. The second kappa shape index (κ2) is 10.9.